The third-order valence-electron chi connectivity index (χ3n) is 2.20. The average molecular weight is 246 g/mol. The van der Waals surface area contributed by atoms with Crippen LogP contribution in [0.5, 0.6) is 5.75 Å². The molecular formula is C11H16ClNO3. The number of phenolic OH excluding ortho intramolecular Hbond substituents is 1. The van der Waals surface area contributed by atoms with Crippen molar-refractivity contribution in [3.8, 4) is 5.75 Å². The van der Waals surface area contributed by atoms with Gasteiger partial charge in [0.2, 0.25) is 0 Å². The van der Waals surface area contributed by atoms with Crippen LogP contribution in [-0.2, 0) is 11.3 Å². The number of halogens is 1. The summed E-state index contributed by atoms with van der Waals surface area (Å²) in [5.74, 6) is 0.0704. The van der Waals surface area contributed by atoms with Crippen molar-refractivity contribution >= 4 is 11.6 Å². The Hall–Kier alpha value is -0.810. The monoisotopic (exact) mass is 245 g/mol. The fourth-order valence-electron chi connectivity index (χ4n) is 1.30. The first-order chi connectivity index (χ1) is 7.67. The zero-order valence-electron chi connectivity index (χ0n) is 9.11. The summed E-state index contributed by atoms with van der Waals surface area (Å²) in [6.45, 7) is 1.02. The van der Waals surface area contributed by atoms with Crippen molar-refractivity contribution in [2.24, 2.45) is 0 Å². The number of nitrogens with one attached hydrogen (secondary N) is 1. The molecule has 0 aliphatic carbocycles. The van der Waals surface area contributed by atoms with Crippen molar-refractivity contribution in [2.45, 2.75) is 12.6 Å². The quantitative estimate of drug-likeness (QED) is 0.704. The van der Waals surface area contributed by atoms with Gasteiger partial charge in [0.05, 0.1) is 24.3 Å². The number of hydrogen-bond acceptors (Lipinski definition) is 4. The first-order valence-electron chi connectivity index (χ1n) is 4.98. The minimum absolute atomic E-state index is 0.0135. The van der Waals surface area contributed by atoms with Gasteiger partial charge in [-0.05, 0) is 17.7 Å². The predicted octanol–water partition coefficient (Wildman–Crippen LogP) is 1.14. The molecule has 1 unspecified atom stereocenters. The van der Waals surface area contributed by atoms with E-state index in [1.807, 2.05) is 0 Å². The maximum atomic E-state index is 9.24. The minimum Gasteiger partial charge on any atom is -0.506 e. The first kappa shape index (κ1) is 13.3. The fourth-order valence-corrected chi connectivity index (χ4v) is 1.50. The lowest BCUT2D eigenvalue weighted by molar-refractivity contribution is 0.128. The van der Waals surface area contributed by atoms with Gasteiger partial charge in [-0.25, -0.2) is 0 Å². The summed E-state index contributed by atoms with van der Waals surface area (Å²) in [4.78, 5) is 0. The third kappa shape index (κ3) is 3.98. The van der Waals surface area contributed by atoms with E-state index in [0.29, 0.717) is 18.2 Å². The highest BCUT2D eigenvalue weighted by atomic mass is 35.5. The number of methoxy groups -OCH3 is 1. The van der Waals surface area contributed by atoms with Gasteiger partial charge in [-0.3, -0.25) is 0 Å². The molecule has 0 spiro atoms. The van der Waals surface area contributed by atoms with E-state index in [9.17, 15) is 5.11 Å². The van der Waals surface area contributed by atoms with Gasteiger partial charge in [0, 0.05) is 13.7 Å². The molecule has 0 bridgehead atoms. The number of rotatable bonds is 6. The van der Waals surface area contributed by atoms with Gasteiger partial charge in [-0.15, -0.1) is 0 Å². The van der Waals surface area contributed by atoms with E-state index in [1.165, 1.54) is 0 Å². The van der Waals surface area contributed by atoms with Crippen molar-refractivity contribution in [1.82, 2.24) is 5.32 Å². The standard InChI is InChI=1S/C11H16ClNO3/c1-16-7-9(6-14)13-5-8-2-3-11(15)10(12)4-8/h2-4,9,13-15H,5-7H2,1H3. The summed E-state index contributed by atoms with van der Waals surface area (Å²) in [7, 11) is 1.59. The SMILES string of the molecule is COCC(CO)NCc1ccc(O)c(Cl)c1. The number of benzene rings is 1. The molecule has 1 atom stereocenters. The smallest absolute Gasteiger partial charge is 0.134 e. The molecule has 0 aliphatic rings. The van der Waals surface area contributed by atoms with Crippen LogP contribution in [0.2, 0.25) is 5.02 Å². The average Bonchev–Trinajstić information content (AvgIpc) is 2.28. The first-order valence-corrected chi connectivity index (χ1v) is 5.35. The second kappa shape index (κ2) is 6.70. The van der Waals surface area contributed by atoms with Gasteiger partial charge in [0.15, 0.2) is 0 Å². The topological polar surface area (TPSA) is 61.7 Å². The zero-order valence-corrected chi connectivity index (χ0v) is 9.87. The van der Waals surface area contributed by atoms with Crippen LogP contribution in [0.4, 0.5) is 0 Å². The van der Waals surface area contributed by atoms with Crippen LogP contribution >= 0.6 is 11.6 Å². The Morgan fingerprint density at radius 2 is 2.25 bits per heavy atom. The van der Waals surface area contributed by atoms with Crippen LogP contribution in [0.15, 0.2) is 18.2 Å². The molecule has 1 rings (SSSR count). The maximum Gasteiger partial charge on any atom is 0.134 e. The van der Waals surface area contributed by atoms with Gasteiger partial charge in [0.25, 0.3) is 0 Å². The Bertz CT molecular complexity index is 333. The second-order valence-electron chi connectivity index (χ2n) is 3.50. The van der Waals surface area contributed by atoms with E-state index in [2.05, 4.69) is 5.32 Å². The van der Waals surface area contributed by atoms with Crippen LogP contribution in [0.1, 0.15) is 5.56 Å². The van der Waals surface area contributed by atoms with Gasteiger partial charge in [-0.2, -0.15) is 0 Å². The summed E-state index contributed by atoms with van der Waals surface area (Å²) in [5.41, 5.74) is 0.942. The normalized spacial score (nSPS) is 12.7. The van der Waals surface area contributed by atoms with E-state index in [0.717, 1.165) is 5.56 Å². The van der Waals surface area contributed by atoms with Crippen molar-refractivity contribution < 1.29 is 14.9 Å². The molecule has 0 heterocycles. The summed E-state index contributed by atoms with van der Waals surface area (Å²) < 4.78 is 4.94. The molecule has 0 aliphatic heterocycles. The van der Waals surface area contributed by atoms with Crippen molar-refractivity contribution in [1.29, 1.82) is 0 Å². The van der Waals surface area contributed by atoms with Crippen LogP contribution in [0.25, 0.3) is 0 Å². The summed E-state index contributed by atoms with van der Waals surface area (Å²) in [6, 6.07) is 4.90. The van der Waals surface area contributed by atoms with Gasteiger partial charge < -0.3 is 20.3 Å². The zero-order chi connectivity index (χ0) is 12.0. The Morgan fingerprint density at radius 1 is 1.50 bits per heavy atom. The fraction of sp³-hybridized carbons (Fsp3) is 0.455. The highest BCUT2D eigenvalue weighted by molar-refractivity contribution is 6.32. The molecule has 90 valence electrons. The lowest BCUT2D eigenvalue weighted by Gasteiger charge is -2.15. The predicted molar refractivity (Wildman–Crippen MR) is 62.7 cm³/mol. The molecule has 5 heteroatoms. The molecule has 0 radical (unpaired) electrons. The van der Waals surface area contributed by atoms with E-state index < -0.39 is 0 Å². The lowest BCUT2D eigenvalue weighted by Crippen LogP contribution is -2.35. The summed E-state index contributed by atoms with van der Waals surface area (Å²) >= 11 is 5.77. The highest BCUT2D eigenvalue weighted by Gasteiger charge is 2.06. The number of aliphatic hydroxyl groups excluding tert-OH is 1. The highest BCUT2D eigenvalue weighted by Crippen LogP contribution is 2.23. The molecule has 0 aromatic heterocycles. The van der Waals surface area contributed by atoms with E-state index >= 15 is 0 Å². The molecule has 0 amide bonds. The summed E-state index contributed by atoms with van der Waals surface area (Å²) in [5, 5.41) is 21.7. The second-order valence-corrected chi connectivity index (χ2v) is 3.91. The Kier molecular flexibility index (Phi) is 5.55. The van der Waals surface area contributed by atoms with Crippen LogP contribution < -0.4 is 5.32 Å². The van der Waals surface area contributed by atoms with Crippen LogP contribution in [0.3, 0.4) is 0 Å². The van der Waals surface area contributed by atoms with E-state index in [-0.39, 0.29) is 18.4 Å². The van der Waals surface area contributed by atoms with Crippen molar-refractivity contribution in [3.63, 3.8) is 0 Å². The molecule has 0 saturated heterocycles. The number of aliphatic hydroxyl groups is 1. The van der Waals surface area contributed by atoms with Gasteiger partial charge >= 0.3 is 0 Å². The summed E-state index contributed by atoms with van der Waals surface area (Å²) in [6.07, 6.45) is 0. The molecule has 1 aromatic rings. The number of hydrogen-bond donors (Lipinski definition) is 3. The Balaban J connectivity index is 2.50. The van der Waals surface area contributed by atoms with Crippen molar-refractivity contribution in [3.05, 3.63) is 28.8 Å². The molecule has 1 aromatic carbocycles. The van der Waals surface area contributed by atoms with Crippen LogP contribution in [-0.4, -0.2) is 36.6 Å². The number of aromatic hydroxyl groups is 1. The Labute approximate surface area is 99.8 Å². The molecular weight excluding hydrogens is 230 g/mol. The largest absolute Gasteiger partial charge is 0.506 e. The molecule has 3 N–H and O–H groups in total. The maximum absolute atomic E-state index is 9.24. The minimum atomic E-state index is -0.0995. The van der Waals surface area contributed by atoms with E-state index in [1.54, 1.807) is 25.3 Å². The molecule has 4 nitrogen and oxygen atoms in total. The van der Waals surface area contributed by atoms with Crippen LogP contribution in [0, 0.1) is 0 Å². The van der Waals surface area contributed by atoms with Gasteiger partial charge in [0.1, 0.15) is 5.75 Å². The van der Waals surface area contributed by atoms with Gasteiger partial charge in [-0.1, -0.05) is 17.7 Å². The van der Waals surface area contributed by atoms with E-state index in [4.69, 9.17) is 21.4 Å². The van der Waals surface area contributed by atoms with Crippen molar-refractivity contribution in [2.75, 3.05) is 20.3 Å². The lowest BCUT2D eigenvalue weighted by atomic mass is 10.2. The Morgan fingerprint density at radius 3 is 2.81 bits per heavy atom. The number of phenols is 1. The molecule has 0 fully saturated rings. The molecule has 16 heavy (non-hydrogen) atoms. The third-order valence-corrected chi connectivity index (χ3v) is 2.50. The molecule has 0 saturated carbocycles. The number of ether oxygens (including phenoxy) is 1.